The minimum Gasteiger partial charge on any atom is -0.476 e. The van der Waals surface area contributed by atoms with E-state index in [1.165, 1.54) is 21.6 Å². The molecule has 0 spiro atoms. The van der Waals surface area contributed by atoms with Crippen LogP contribution in [0.3, 0.4) is 0 Å². The summed E-state index contributed by atoms with van der Waals surface area (Å²) in [4.78, 5) is 36.2. The van der Waals surface area contributed by atoms with Crippen molar-refractivity contribution in [3.63, 3.8) is 0 Å². The molecule has 3 rings (SSSR count). The lowest BCUT2D eigenvalue weighted by molar-refractivity contribution is -0.119. The largest absolute Gasteiger partial charge is 0.476 e. The summed E-state index contributed by atoms with van der Waals surface area (Å²) < 4.78 is 2.78. The Kier molecular flexibility index (Phi) is 5.72. The molecule has 2 heterocycles. The quantitative estimate of drug-likeness (QED) is 0.561. The Morgan fingerprint density at radius 3 is 2.45 bits per heavy atom. The molecule has 0 fully saturated rings. The van der Waals surface area contributed by atoms with E-state index < -0.39 is 23.8 Å². The summed E-state index contributed by atoms with van der Waals surface area (Å²) in [5, 5.41) is 22.5. The van der Waals surface area contributed by atoms with Gasteiger partial charge in [-0.15, -0.1) is 0 Å². The van der Waals surface area contributed by atoms with E-state index in [0.29, 0.717) is 12.2 Å². The van der Waals surface area contributed by atoms with Gasteiger partial charge in [0, 0.05) is 24.6 Å². The number of nitrogens with one attached hydrogen (secondary N) is 2. The summed E-state index contributed by atoms with van der Waals surface area (Å²) in [7, 11) is 0. The zero-order valence-corrected chi connectivity index (χ0v) is 15.9. The van der Waals surface area contributed by atoms with Gasteiger partial charge in [0.2, 0.25) is 5.91 Å². The molecule has 1 unspecified atom stereocenters. The van der Waals surface area contributed by atoms with Crippen LogP contribution in [0.1, 0.15) is 40.9 Å². The van der Waals surface area contributed by atoms with E-state index in [0.717, 1.165) is 0 Å². The van der Waals surface area contributed by atoms with E-state index in [-0.39, 0.29) is 17.1 Å². The molecule has 29 heavy (non-hydrogen) atoms. The second-order valence-electron chi connectivity index (χ2n) is 6.22. The predicted molar refractivity (Wildman–Crippen MR) is 105 cm³/mol. The molecule has 0 radical (unpaired) electrons. The lowest BCUT2D eigenvalue weighted by Gasteiger charge is -2.12. The third-order valence-electron chi connectivity index (χ3n) is 4.19. The Labute approximate surface area is 166 Å². The van der Waals surface area contributed by atoms with Gasteiger partial charge >= 0.3 is 5.97 Å². The summed E-state index contributed by atoms with van der Waals surface area (Å²) in [6, 6.07) is 9.41. The standard InChI is InChI=1S/C19H20N6O4/c1-3-24-11-15(16(23-24)18(27)20-13-7-5-4-6-8-13)21-17(26)12(2)25-10-9-14(22-25)19(28)29/h4-12H,3H2,1-2H3,(H,20,27)(H,21,26)(H,28,29). The maximum Gasteiger partial charge on any atom is 0.356 e. The molecule has 3 N–H and O–H groups in total. The number of carbonyl (C=O) groups excluding carboxylic acids is 2. The van der Waals surface area contributed by atoms with Gasteiger partial charge in [0.15, 0.2) is 11.4 Å². The van der Waals surface area contributed by atoms with E-state index in [4.69, 9.17) is 5.11 Å². The molecule has 3 aromatic rings. The highest BCUT2D eigenvalue weighted by molar-refractivity contribution is 6.09. The van der Waals surface area contributed by atoms with Gasteiger partial charge in [0.1, 0.15) is 6.04 Å². The van der Waals surface area contributed by atoms with E-state index in [1.54, 1.807) is 37.4 Å². The maximum atomic E-state index is 12.6. The van der Waals surface area contributed by atoms with Crippen LogP contribution in [0.2, 0.25) is 0 Å². The molecule has 10 nitrogen and oxygen atoms in total. The lowest BCUT2D eigenvalue weighted by Crippen LogP contribution is -2.25. The number of nitrogens with zero attached hydrogens (tertiary/aromatic N) is 4. The Morgan fingerprint density at radius 1 is 1.10 bits per heavy atom. The lowest BCUT2D eigenvalue weighted by atomic mass is 10.2. The third kappa shape index (κ3) is 4.49. The average Bonchev–Trinajstić information content (AvgIpc) is 3.35. The average molecular weight is 396 g/mol. The number of aromatic nitrogens is 4. The molecular formula is C19H20N6O4. The highest BCUT2D eigenvalue weighted by Gasteiger charge is 2.23. The number of carboxylic acids is 1. The maximum absolute atomic E-state index is 12.6. The van der Waals surface area contributed by atoms with Crippen molar-refractivity contribution in [2.75, 3.05) is 10.6 Å². The van der Waals surface area contributed by atoms with Crippen LogP contribution in [-0.4, -0.2) is 42.5 Å². The Hall–Kier alpha value is -3.95. The van der Waals surface area contributed by atoms with E-state index >= 15 is 0 Å². The molecular weight excluding hydrogens is 376 g/mol. The summed E-state index contributed by atoms with van der Waals surface area (Å²) >= 11 is 0. The van der Waals surface area contributed by atoms with Crippen LogP contribution in [-0.2, 0) is 11.3 Å². The number of hydrogen-bond acceptors (Lipinski definition) is 5. The summed E-state index contributed by atoms with van der Waals surface area (Å²) in [6.45, 7) is 3.94. The highest BCUT2D eigenvalue weighted by Crippen LogP contribution is 2.18. The van der Waals surface area contributed by atoms with Crippen LogP contribution in [0.5, 0.6) is 0 Å². The Morgan fingerprint density at radius 2 is 1.83 bits per heavy atom. The number of carbonyl (C=O) groups is 3. The number of hydrogen-bond donors (Lipinski definition) is 3. The van der Waals surface area contributed by atoms with Crippen LogP contribution in [0.15, 0.2) is 48.8 Å². The van der Waals surface area contributed by atoms with Crippen molar-refractivity contribution in [3.8, 4) is 0 Å². The van der Waals surface area contributed by atoms with Gasteiger partial charge < -0.3 is 15.7 Å². The topological polar surface area (TPSA) is 131 Å². The second-order valence-corrected chi connectivity index (χ2v) is 6.22. The number of rotatable bonds is 7. The van der Waals surface area contributed by atoms with Crippen LogP contribution < -0.4 is 10.6 Å². The van der Waals surface area contributed by atoms with Crippen molar-refractivity contribution >= 4 is 29.2 Å². The number of anilines is 2. The van der Waals surface area contributed by atoms with Gasteiger partial charge in [-0.05, 0) is 32.0 Å². The van der Waals surface area contributed by atoms with E-state index in [2.05, 4.69) is 20.8 Å². The van der Waals surface area contributed by atoms with Crippen molar-refractivity contribution in [2.45, 2.75) is 26.4 Å². The number of aromatic carboxylic acids is 1. The molecule has 0 aliphatic carbocycles. The molecule has 1 aromatic carbocycles. The molecule has 1 atom stereocenters. The first-order valence-corrected chi connectivity index (χ1v) is 8.92. The molecule has 2 aromatic heterocycles. The van der Waals surface area contributed by atoms with E-state index in [1.807, 2.05) is 13.0 Å². The first kappa shape index (κ1) is 19.8. The molecule has 150 valence electrons. The highest BCUT2D eigenvalue weighted by atomic mass is 16.4. The van der Waals surface area contributed by atoms with Gasteiger partial charge in [-0.2, -0.15) is 10.2 Å². The molecule has 0 saturated heterocycles. The van der Waals surface area contributed by atoms with Crippen molar-refractivity contribution in [1.82, 2.24) is 19.6 Å². The molecule has 0 aliphatic rings. The minimum absolute atomic E-state index is 0.0722. The van der Waals surface area contributed by atoms with Crippen molar-refractivity contribution in [2.24, 2.45) is 0 Å². The summed E-state index contributed by atoms with van der Waals surface area (Å²) in [5.41, 5.74) is 0.768. The minimum atomic E-state index is -1.18. The second kappa shape index (κ2) is 8.38. The fraction of sp³-hybridized carbons (Fsp3) is 0.211. The van der Waals surface area contributed by atoms with Gasteiger partial charge in [-0.1, -0.05) is 18.2 Å². The van der Waals surface area contributed by atoms with Crippen molar-refractivity contribution in [3.05, 3.63) is 60.2 Å². The van der Waals surface area contributed by atoms with Crippen molar-refractivity contribution < 1.29 is 19.5 Å². The van der Waals surface area contributed by atoms with Crippen LogP contribution >= 0.6 is 0 Å². The van der Waals surface area contributed by atoms with Crippen LogP contribution in [0.25, 0.3) is 0 Å². The smallest absolute Gasteiger partial charge is 0.356 e. The first-order valence-electron chi connectivity index (χ1n) is 8.92. The molecule has 0 aliphatic heterocycles. The summed E-state index contributed by atoms with van der Waals surface area (Å²) in [5.74, 6) is -2.10. The zero-order valence-electron chi connectivity index (χ0n) is 15.9. The van der Waals surface area contributed by atoms with Gasteiger partial charge in [-0.3, -0.25) is 19.0 Å². The van der Waals surface area contributed by atoms with Gasteiger partial charge in [0.25, 0.3) is 5.91 Å². The third-order valence-corrected chi connectivity index (χ3v) is 4.19. The number of para-hydroxylation sites is 1. The fourth-order valence-corrected chi connectivity index (χ4v) is 2.58. The molecule has 0 saturated carbocycles. The predicted octanol–water partition coefficient (Wildman–Crippen LogP) is 2.25. The number of carboxylic acid groups (broad SMARTS) is 1. The van der Waals surface area contributed by atoms with Crippen LogP contribution in [0.4, 0.5) is 11.4 Å². The summed E-state index contributed by atoms with van der Waals surface area (Å²) in [6.07, 6.45) is 2.97. The van der Waals surface area contributed by atoms with E-state index in [9.17, 15) is 14.4 Å². The molecule has 0 bridgehead atoms. The van der Waals surface area contributed by atoms with Gasteiger partial charge in [-0.25, -0.2) is 4.79 Å². The van der Waals surface area contributed by atoms with Crippen molar-refractivity contribution in [1.29, 1.82) is 0 Å². The zero-order chi connectivity index (χ0) is 21.0. The Balaban J connectivity index is 1.78. The first-order chi connectivity index (χ1) is 13.9. The van der Waals surface area contributed by atoms with Gasteiger partial charge in [0.05, 0.1) is 5.69 Å². The SMILES string of the molecule is CCn1cc(NC(=O)C(C)n2ccc(C(=O)O)n2)c(C(=O)Nc2ccccc2)n1. The monoisotopic (exact) mass is 396 g/mol. The van der Waals surface area contributed by atoms with Crippen LogP contribution in [0, 0.1) is 0 Å². The number of amides is 2. The number of benzene rings is 1. The molecule has 10 heteroatoms. The molecule has 2 amide bonds. The normalized spacial score (nSPS) is 11.7. The Bertz CT molecular complexity index is 1040. The number of aryl methyl sites for hydroxylation is 1. The fourth-order valence-electron chi connectivity index (χ4n) is 2.58.